The van der Waals surface area contributed by atoms with Crippen molar-refractivity contribution < 1.29 is 9.32 Å². The highest BCUT2D eigenvalue weighted by Crippen LogP contribution is 1.98. The lowest BCUT2D eigenvalue weighted by Crippen LogP contribution is -2.25. The molecule has 0 aromatic carbocycles. The summed E-state index contributed by atoms with van der Waals surface area (Å²) >= 11 is 0. The Kier molecular flexibility index (Phi) is 6.17. The summed E-state index contributed by atoms with van der Waals surface area (Å²) < 4.78 is 4.58. The van der Waals surface area contributed by atoms with Gasteiger partial charge >= 0.3 is 0 Å². The third-order valence-electron chi connectivity index (χ3n) is 2.19. The molecule has 1 rings (SSSR count). The minimum atomic E-state index is 0.0699. The van der Waals surface area contributed by atoms with E-state index >= 15 is 0 Å². The molecule has 0 fully saturated rings. The van der Waals surface area contributed by atoms with Crippen LogP contribution in [0.25, 0.3) is 0 Å². The van der Waals surface area contributed by atoms with Gasteiger partial charge in [0, 0.05) is 19.4 Å². The van der Waals surface area contributed by atoms with Crippen molar-refractivity contribution in [1.82, 2.24) is 15.5 Å². The Labute approximate surface area is 94.6 Å². The molecule has 6 heteroatoms. The van der Waals surface area contributed by atoms with Gasteiger partial charge < -0.3 is 15.6 Å². The molecule has 0 aliphatic carbocycles. The van der Waals surface area contributed by atoms with Crippen LogP contribution in [0.1, 0.15) is 31.5 Å². The van der Waals surface area contributed by atoms with Gasteiger partial charge in [-0.05, 0) is 19.4 Å². The maximum Gasteiger partial charge on any atom is 0.220 e. The Morgan fingerprint density at radius 1 is 1.44 bits per heavy atom. The first-order valence-corrected chi connectivity index (χ1v) is 5.55. The number of nitrogens with two attached hydrogens (primary N) is 1. The molecule has 0 aliphatic rings. The first-order chi connectivity index (χ1) is 7.83. The van der Waals surface area contributed by atoms with Crippen LogP contribution < -0.4 is 11.1 Å². The Hall–Kier alpha value is -1.43. The predicted octanol–water partition coefficient (Wildman–Crippen LogP) is 0.247. The van der Waals surface area contributed by atoms with Gasteiger partial charge in [0.05, 0.1) is 0 Å². The van der Waals surface area contributed by atoms with E-state index in [1.807, 2.05) is 0 Å². The summed E-state index contributed by atoms with van der Waals surface area (Å²) in [6.45, 7) is 1.24. The number of carbonyl (C=O) groups excluding carboxylic acids is 1. The van der Waals surface area contributed by atoms with Crippen LogP contribution in [0.15, 0.2) is 10.9 Å². The van der Waals surface area contributed by atoms with Gasteiger partial charge in [-0.25, -0.2) is 0 Å². The number of hydrogen-bond acceptors (Lipinski definition) is 5. The number of carbonyl (C=O) groups is 1. The van der Waals surface area contributed by atoms with E-state index in [1.165, 1.54) is 6.39 Å². The zero-order valence-corrected chi connectivity index (χ0v) is 9.32. The second kappa shape index (κ2) is 7.81. The van der Waals surface area contributed by atoms with Crippen LogP contribution in [0.5, 0.6) is 0 Å². The third-order valence-corrected chi connectivity index (χ3v) is 2.19. The summed E-state index contributed by atoms with van der Waals surface area (Å²) in [6, 6.07) is 0. The smallest absolute Gasteiger partial charge is 0.220 e. The number of amides is 1. The van der Waals surface area contributed by atoms with E-state index in [1.54, 1.807) is 0 Å². The fraction of sp³-hybridized carbons (Fsp3) is 0.700. The number of nitrogens with zero attached hydrogens (tertiary/aromatic N) is 2. The predicted molar refractivity (Wildman–Crippen MR) is 58.5 cm³/mol. The monoisotopic (exact) mass is 226 g/mol. The van der Waals surface area contributed by atoms with Gasteiger partial charge in [0.1, 0.15) is 0 Å². The van der Waals surface area contributed by atoms with Gasteiger partial charge in [0.2, 0.25) is 12.3 Å². The Morgan fingerprint density at radius 3 is 3.00 bits per heavy atom. The summed E-state index contributed by atoms with van der Waals surface area (Å²) in [4.78, 5) is 15.2. The molecule has 0 radical (unpaired) electrons. The number of rotatable bonds is 8. The lowest BCUT2D eigenvalue weighted by atomic mass is 10.2. The van der Waals surface area contributed by atoms with Crippen LogP contribution >= 0.6 is 0 Å². The van der Waals surface area contributed by atoms with Crippen LogP contribution in [0.3, 0.4) is 0 Å². The molecule has 3 N–H and O–H groups in total. The molecule has 0 unspecified atom stereocenters. The number of unbranched alkanes of at least 4 members (excludes halogenated alkanes) is 2. The van der Waals surface area contributed by atoms with E-state index in [0.29, 0.717) is 31.8 Å². The first kappa shape index (κ1) is 12.6. The molecule has 90 valence electrons. The second-order valence-electron chi connectivity index (χ2n) is 3.55. The van der Waals surface area contributed by atoms with Crippen molar-refractivity contribution >= 4 is 5.91 Å². The molecule has 0 saturated heterocycles. The molecule has 0 bridgehead atoms. The van der Waals surface area contributed by atoms with Crippen molar-refractivity contribution in [2.45, 2.75) is 32.1 Å². The molecule has 1 heterocycles. The molecule has 0 spiro atoms. The standard InChI is InChI=1S/C10H18N4O2/c11-6-3-1-2-4-10(15)12-7-5-9-13-8-16-14-9/h8H,1-7,11H2,(H,12,15). The van der Waals surface area contributed by atoms with Gasteiger partial charge in [0.15, 0.2) is 5.82 Å². The van der Waals surface area contributed by atoms with Crippen molar-refractivity contribution in [3.63, 3.8) is 0 Å². The lowest BCUT2D eigenvalue weighted by Gasteiger charge is -2.02. The van der Waals surface area contributed by atoms with Gasteiger partial charge in [-0.1, -0.05) is 11.6 Å². The zero-order chi connectivity index (χ0) is 11.6. The highest BCUT2D eigenvalue weighted by molar-refractivity contribution is 5.75. The van der Waals surface area contributed by atoms with Gasteiger partial charge in [0.25, 0.3) is 0 Å². The quantitative estimate of drug-likeness (QED) is 0.619. The molecule has 1 amide bonds. The fourth-order valence-corrected chi connectivity index (χ4v) is 1.31. The van der Waals surface area contributed by atoms with Crippen LogP contribution in [-0.2, 0) is 11.2 Å². The topological polar surface area (TPSA) is 94.0 Å². The van der Waals surface area contributed by atoms with Crippen LogP contribution in [-0.4, -0.2) is 29.1 Å². The summed E-state index contributed by atoms with van der Waals surface area (Å²) in [6.07, 6.45) is 5.33. The van der Waals surface area contributed by atoms with Gasteiger partial charge in [-0.3, -0.25) is 4.79 Å². The van der Waals surface area contributed by atoms with E-state index in [0.717, 1.165) is 19.3 Å². The van der Waals surface area contributed by atoms with Gasteiger partial charge in [-0.15, -0.1) is 0 Å². The van der Waals surface area contributed by atoms with Crippen LogP contribution in [0.2, 0.25) is 0 Å². The fourth-order valence-electron chi connectivity index (χ4n) is 1.31. The van der Waals surface area contributed by atoms with Crippen molar-refractivity contribution in [3.8, 4) is 0 Å². The van der Waals surface area contributed by atoms with Crippen LogP contribution in [0, 0.1) is 0 Å². The zero-order valence-electron chi connectivity index (χ0n) is 9.32. The molecule has 1 aromatic heterocycles. The maximum absolute atomic E-state index is 11.3. The van der Waals surface area contributed by atoms with Gasteiger partial charge in [-0.2, -0.15) is 4.98 Å². The molecule has 0 aliphatic heterocycles. The average Bonchev–Trinajstić information content (AvgIpc) is 2.77. The molecule has 6 nitrogen and oxygen atoms in total. The average molecular weight is 226 g/mol. The minimum Gasteiger partial charge on any atom is -0.356 e. The summed E-state index contributed by atoms with van der Waals surface area (Å²) in [7, 11) is 0. The highest BCUT2D eigenvalue weighted by atomic mass is 16.5. The Bertz CT molecular complexity index is 287. The van der Waals surface area contributed by atoms with E-state index in [2.05, 4.69) is 20.0 Å². The number of hydrogen-bond donors (Lipinski definition) is 2. The molecule has 0 atom stereocenters. The van der Waals surface area contributed by atoms with E-state index < -0.39 is 0 Å². The first-order valence-electron chi connectivity index (χ1n) is 5.55. The largest absolute Gasteiger partial charge is 0.356 e. The lowest BCUT2D eigenvalue weighted by molar-refractivity contribution is -0.121. The molecular weight excluding hydrogens is 208 g/mol. The minimum absolute atomic E-state index is 0.0699. The van der Waals surface area contributed by atoms with Crippen molar-refractivity contribution in [1.29, 1.82) is 0 Å². The van der Waals surface area contributed by atoms with E-state index in [9.17, 15) is 4.79 Å². The molecular formula is C10H18N4O2. The Morgan fingerprint density at radius 2 is 2.31 bits per heavy atom. The van der Waals surface area contributed by atoms with E-state index in [-0.39, 0.29) is 5.91 Å². The summed E-state index contributed by atoms with van der Waals surface area (Å²) in [5, 5.41) is 6.45. The van der Waals surface area contributed by atoms with Crippen molar-refractivity contribution in [2.24, 2.45) is 5.73 Å². The highest BCUT2D eigenvalue weighted by Gasteiger charge is 2.02. The van der Waals surface area contributed by atoms with Crippen molar-refractivity contribution in [2.75, 3.05) is 13.1 Å². The molecule has 0 saturated carbocycles. The summed E-state index contributed by atoms with van der Waals surface area (Å²) in [5.74, 6) is 0.684. The number of nitrogens with one attached hydrogen (secondary N) is 1. The molecule has 1 aromatic rings. The SMILES string of the molecule is NCCCCCC(=O)NCCc1ncon1. The third kappa shape index (κ3) is 5.45. The normalized spacial score (nSPS) is 10.3. The number of aromatic nitrogens is 2. The van der Waals surface area contributed by atoms with E-state index in [4.69, 9.17) is 5.73 Å². The van der Waals surface area contributed by atoms with Crippen LogP contribution in [0.4, 0.5) is 0 Å². The van der Waals surface area contributed by atoms with Crippen molar-refractivity contribution in [3.05, 3.63) is 12.2 Å². The molecule has 16 heavy (non-hydrogen) atoms. The summed E-state index contributed by atoms with van der Waals surface area (Å²) in [5.41, 5.74) is 5.36. The second-order valence-corrected chi connectivity index (χ2v) is 3.55. The Balaban J connectivity index is 1.98. The maximum atomic E-state index is 11.3.